The summed E-state index contributed by atoms with van der Waals surface area (Å²) in [7, 11) is 0. The van der Waals surface area contributed by atoms with Gasteiger partial charge in [-0.25, -0.2) is 10.2 Å². The average molecular weight is 633 g/mol. The number of esters is 1. The standard InChI is InChI=1S/C30H19BrClN3O4S/c31-21-12-15-23-25(16-21)40-27(26(23)32)29(37)34-22-13-10-18(11-14-22)28(36)35-33-17-20-8-4-5-9-24(20)39-30(38)19-6-2-1-3-7-19/h1-17H,(H,34,37)(H,35,36)/b33-17-. The van der Waals surface area contributed by atoms with Crippen LogP contribution >= 0.6 is 38.9 Å². The third-order valence-corrected chi connectivity index (χ3v) is 7.85. The Morgan fingerprint density at radius 2 is 1.57 bits per heavy atom. The maximum absolute atomic E-state index is 12.8. The highest BCUT2D eigenvalue weighted by Gasteiger charge is 2.18. The van der Waals surface area contributed by atoms with Gasteiger partial charge in [0.05, 0.1) is 16.8 Å². The second kappa shape index (κ2) is 12.3. The zero-order chi connectivity index (χ0) is 28.1. The minimum Gasteiger partial charge on any atom is -0.422 e. The summed E-state index contributed by atoms with van der Waals surface area (Å²) in [4.78, 5) is 38.2. The third-order valence-electron chi connectivity index (χ3n) is 5.70. The fraction of sp³-hybridized carbons (Fsp3) is 0. The molecule has 0 bridgehead atoms. The van der Waals surface area contributed by atoms with Crippen LogP contribution in [0.1, 0.15) is 36.0 Å². The van der Waals surface area contributed by atoms with Gasteiger partial charge in [0.15, 0.2) is 0 Å². The predicted octanol–water partition coefficient (Wildman–Crippen LogP) is 7.55. The topological polar surface area (TPSA) is 96.9 Å². The quantitative estimate of drug-likeness (QED) is 0.0838. The first-order chi connectivity index (χ1) is 19.4. The molecule has 40 heavy (non-hydrogen) atoms. The molecule has 0 aliphatic rings. The van der Waals surface area contributed by atoms with Crippen molar-refractivity contribution in [3.63, 3.8) is 0 Å². The van der Waals surface area contributed by atoms with Gasteiger partial charge >= 0.3 is 5.97 Å². The number of carbonyl (C=O) groups is 3. The molecule has 2 amide bonds. The van der Waals surface area contributed by atoms with E-state index in [9.17, 15) is 14.4 Å². The van der Waals surface area contributed by atoms with Gasteiger partial charge in [-0.3, -0.25) is 9.59 Å². The van der Waals surface area contributed by atoms with Gasteiger partial charge in [0, 0.05) is 31.4 Å². The molecule has 1 heterocycles. The molecule has 4 aromatic carbocycles. The van der Waals surface area contributed by atoms with Gasteiger partial charge in [-0.15, -0.1) is 11.3 Å². The van der Waals surface area contributed by atoms with Crippen LogP contribution in [0.5, 0.6) is 5.75 Å². The van der Waals surface area contributed by atoms with Crippen molar-refractivity contribution < 1.29 is 19.1 Å². The Bertz CT molecular complexity index is 1750. The first kappa shape index (κ1) is 27.3. The monoisotopic (exact) mass is 631 g/mol. The fourth-order valence-corrected chi connectivity index (χ4v) is 5.68. The van der Waals surface area contributed by atoms with Crippen LogP contribution in [0.4, 0.5) is 5.69 Å². The summed E-state index contributed by atoms with van der Waals surface area (Å²) in [5.41, 5.74) is 4.23. The van der Waals surface area contributed by atoms with Gasteiger partial charge in [0.1, 0.15) is 10.6 Å². The normalized spacial score (nSPS) is 10.9. The number of nitrogens with one attached hydrogen (secondary N) is 2. The van der Waals surface area contributed by atoms with Gasteiger partial charge < -0.3 is 10.1 Å². The number of para-hydroxylation sites is 1. The Kier molecular flexibility index (Phi) is 8.35. The molecule has 0 spiro atoms. The first-order valence-corrected chi connectivity index (χ1v) is 13.9. The molecule has 198 valence electrons. The second-order valence-corrected chi connectivity index (χ2v) is 10.8. The van der Waals surface area contributed by atoms with Crippen molar-refractivity contribution >= 4 is 78.6 Å². The molecule has 1 aromatic heterocycles. The van der Waals surface area contributed by atoms with Crippen LogP contribution in [0.25, 0.3) is 10.1 Å². The van der Waals surface area contributed by atoms with E-state index < -0.39 is 11.9 Å². The molecule has 0 atom stereocenters. The highest BCUT2D eigenvalue weighted by molar-refractivity contribution is 9.10. The van der Waals surface area contributed by atoms with Crippen LogP contribution in [0.3, 0.4) is 0 Å². The van der Waals surface area contributed by atoms with Crippen LogP contribution in [-0.4, -0.2) is 24.0 Å². The summed E-state index contributed by atoms with van der Waals surface area (Å²) in [6, 6.07) is 27.5. The summed E-state index contributed by atoms with van der Waals surface area (Å²) < 4.78 is 7.29. The lowest BCUT2D eigenvalue weighted by Gasteiger charge is -2.07. The van der Waals surface area contributed by atoms with E-state index in [1.54, 1.807) is 72.8 Å². The Labute approximate surface area is 246 Å². The van der Waals surface area contributed by atoms with Crippen molar-refractivity contribution in [1.82, 2.24) is 5.43 Å². The van der Waals surface area contributed by atoms with Crippen molar-refractivity contribution in [1.29, 1.82) is 0 Å². The van der Waals surface area contributed by atoms with E-state index in [1.807, 2.05) is 24.3 Å². The third kappa shape index (κ3) is 6.28. The SMILES string of the molecule is O=C(N/N=C\c1ccccc1OC(=O)c1ccccc1)c1ccc(NC(=O)c2sc3cc(Br)ccc3c2Cl)cc1. The van der Waals surface area contributed by atoms with Crippen molar-refractivity contribution in [2.24, 2.45) is 5.10 Å². The summed E-state index contributed by atoms with van der Waals surface area (Å²) in [5.74, 6) is -0.983. The highest BCUT2D eigenvalue weighted by Crippen LogP contribution is 2.37. The van der Waals surface area contributed by atoms with Gasteiger partial charge in [0.2, 0.25) is 0 Å². The second-order valence-electron chi connectivity index (χ2n) is 8.41. The van der Waals surface area contributed by atoms with Crippen molar-refractivity contribution in [3.05, 3.63) is 128 Å². The van der Waals surface area contributed by atoms with E-state index in [4.69, 9.17) is 16.3 Å². The van der Waals surface area contributed by atoms with Crippen molar-refractivity contribution in [2.75, 3.05) is 5.32 Å². The van der Waals surface area contributed by atoms with Crippen LogP contribution in [0.2, 0.25) is 5.02 Å². The maximum atomic E-state index is 12.8. The predicted molar refractivity (Wildman–Crippen MR) is 162 cm³/mol. The Morgan fingerprint density at radius 3 is 2.35 bits per heavy atom. The van der Waals surface area contributed by atoms with Crippen LogP contribution in [0, 0.1) is 0 Å². The highest BCUT2D eigenvalue weighted by atomic mass is 79.9. The molecule has 0 aliphatic carbocycles. The number of anilines is 1. The van der Waals surface area contributed by atoms with Crippen LogP contribution < -0.4 is 15.5 Å². The van der Waals surface area contributed by atoms with Gasteiger partial charge in [-0.05, 0) is 60.7 Å². The Hall–Kier alpha value is -4.31. The Morgan fingerprint density at radius 1 is 0.850 bits per heavy atom. The fourth-order valence-electron chi connectivity index (χ4n) is 3.72. The number of nitrogens with zero attached hydrogens (tertiary/aromatic N) is 1. The lowest BCUT2D eigenvalue weighted by Crippen LogP contribution is -2.18. The van der Waals surface area contributed by atoms with E-state index in [0.717, 1.165) is 14.6 Å². The zero-order valence-electron chi connectivity index (χ0n) is 20.6. The molecule has 0 radical (unpaired) electrons. The molecule has 5 rings (SSSR count). The summed E-state index contributed by atoms with van der Waals surface area (Å²) >= 11 is 11.2. The number of hydrazone groups is 1. The van der Waals surface area contributed by atoms with E-state index in [2.05, 4.69) is 31.8 Å². The Balaban J connectivity index is 1.20. The summed E-state index contributed by atoms with van der Waals surface area (Å²) in [6.07, 6.45) is 1.40. The number of halogens is 2. The molecule has 0 aliphatic heterocycles. The average Bonchev–Trinajstić information content (AvgIpc) is 3.30. The number of hydrogen-bond donors (Lipinski definition) is 2. The van der Waals surface area contributed by atoms with Gasteiger partial charge in [0.25, 0.3) is 11.8 Å². The van der Waals surface area contributed by atoms with E-state index in [-0.39, 0.29) is 5.91 Å². The number of ether oxygens (including phenoxy) is 1. The smallest absolute Gasteiger partial charge is 0.343 e. The van der Waals surface area contributed by atoms with E-state index >= 15 is 0 Å². The molecule has 7 nitrogen and oxygen atoms in total. The summed E-state index contributed by atoms with van der Waals surface area (Å²) in [6.45, 7) is 0. The largest absolute Gasteiger partial charge is 0.422 e. The molecule has 0 saturated heterocycles. The molecule has 0 fully saturated rings. The molecule has 10 heteroatoms. The van der Waals surface area contributed by atoms with E-state index in [0.29, 0.717) is 38.0 Å². The summed E-state index contributed by atoms with van der Waals surface area (Å²) in [5, 5.41) is 8.02. The minimum absolute atomic E-state index is 0.306. The number of hydrogen-bond acceptors (Lipinski definition) is 6. The molecule has 0 unspecified atom stereocenters. The number of carbonyl (C=O) groups excluding carboxylic acids is 3. The zero-order valence-corrected chi connectivity index (χ0v) is 23.7. The minimum atomic E-state index is -0.500. The van der Waals surface area contributed by atoms with Gasteiger partial charge in [-0.2, -0.15) is 5.10 Å². The molecular formula is C30H19BrClN3O4S. The molecule has 2 N–H and O–H groups in total. The van der Waals surface area contributed by atoms with Crippen LogP contribution in [0.15, 0.2) is 107 Å². The van der Waals surface area contributed by atoms with Crippen molar-refractivity contribution in [2.45, 2.75) is 0 Å². The first-order valence-electron chi connectivity index (χ1n) is 11.9. The number of thiophene rings is 1. The number of fused-ring (bicyclic) bond motifs is 1. The molecule has 0 saturated carbocycles. The lowest BCUT2D eigenvalue weighted by molar-refractivity contribution is 0.0734. The number of rotatable bonds is 7. The van der Waals surface area contributed by atoms with Crippen molar-refractivity contribution in [3.8, 4) is 5.75 Å². The lowest BCUT2D eigenvalue weighted by atomic mass is 10.2. The van der Waals surface area contributed by atoms with Gasteiger partial charge in [-0.1, -0.05) is 63.9 Å². The van der Waals surface area contributed by atoms with E-state index in [1.165, 1.54) is 17.6 Å². The maximum Gasteiger partial charge on any atom is 0.343 e. The molecular weight excluding hydrogens is 614 g/mol. The molecule has 5 aromatic rings. The van der Waals surface area contributed by atoms with Crippen LogP contribution in [-0.2, 0) is 0 Å². The number of benzene rings is 4. The number of amides is 2.